The van der Waals surface area contributed by atoms with Gasteiger partial charge in [0, 0.05) is 12.6 Å². The van der Waals surface area contributed by atoms with Gasteiger partial charge in [-0.3, -0.25) is 0 Å². The van der Waals surface area contributed by atoms with Gasteiger partial charge < -0.3 is 5.32 Å². The molecule has 0 amide bonds. The zero-order chi connectivity index (χ0) is 13.1. The van der Waals surface area contributed by atoms with Gasteiger partial charge >= 0.3 is 0 Å². The lowest BCUT2D eigenvalue weighted by molar-refractivity contribution is 0.574. The van der Waals surface area contributed by atoms with Crippen LogP contribution >= 0.6 is 0 Å². The number of hydrogen-bond donors (Lipinski definition) is 1. The molecule has 3 rings (SSSR count). The van der Waals surface area contributed by atoms with Crippen molar-refractivity contribution in [3.8, 4) is 0 Å². The van der Waals surface area contributed by atoms with Crippen molar-refractivity contribution in [2.45, 2.75) is 38.3 Å². The Balaban J connectivity index is 1.56. The average molecular weight is 251 g/mol. The van der Waals surface area contributed by atoms with Crippen LogP contribution in [0.25, 0.3) is 0 Å². The van der Waals surface area contributed by atoms with E-state index >= 15 is 0 Å². The molecule has 1 fully saturated rings. The van der Waals surface area contributed by atoms with E-state index in [9.17, 15) is 0 Å². The summed E-state index contributed by atoms with van der Waals surface area (Å²) in [7, 11) is 0. The monoisotopic (exact) mass is 251 g/mol. The van der Waals surface area contributed by atoms with Gasteiger partial charge in [-0.1, -0.05) is 54.6 Å². The quantitative estimate of drug-likeness (QED) is 0.829. The predicted molar refractivity (Wildman–Crippen MR) is 80.1 cm³/mol. The summed E-state index contributed by atoms with van der Waals surface area (Å²) in [6, 6.07) is 20.1. The standard InChI is InChI=1S/C18H21N/c1-14(16-5-3-2-4-6-16)19-13-15-7-9-17(10-8-15)18-11-12-18/h2-10,14,18-19H,11-13H2,1H3/t14-/m0/s1. The Labute approximate surface area is 115 Å². The Morgan fingerprint density at radius 1 is 1.00 bits per heavy atom. The van der Waals surface area contributed by atoms with Crippen molar-refractivity contribution in [1.29, 1.82) is 0 Å². The molecule has 0 aromatic heterocycles. The topological polar surface area (TPSA) is 12.0 Å². The third-order valence-corrected chi connectivity index (χ3v) is 3.94. The summed E-state index contributed by atoms with van der Waals surface area (Å²) < 4.78 is 0. The Morgan fingerprint density at radius 3 is 2.32 bits per heavy atom. The normalized spacial score (nSPS) is 16.3. The third kappa shape index (κ3) is 3.24. The minimum absolute atomic E-state index is 0.393. The molecule has 98 valence electrons. The Hall–Kier alpha value is -1.60. The fraction of sp³-hybridized carbons (Fsp3) is 0.333. The Kier molecular flexibility index (Phi) is 3.65. The summed E-state index contributed by atoms with van der Waals surface area (Å²) in [6.45, 7) is 3.15. The summed E-state index contributed by atoms with van der Waals surface area (Å²) >= 11 is 0. The molecule has 0 spiro atoms. The maximum Gasteiger partial charge on any atom is 0.0294 e. The lowest BCUT2D eigenvalue weighted by atomic mass is 10.1. The van der Waals surface area contributed by atoms with Gasteiger partial charge in [-0.25, -0.2) is 0 Å². The highest BCUT2D eigenvalue weighted by Gasteiger charge is 2.22. The molecule has 1 atom stereocenters. The van der Waals surface area contributed by atoms with Crippen LogP contribution in [-0.2, 0) is 6.54 Å². The van der Waals surface area contributed by atoms with E-state index in [2.05, 4.69) is 66.8 Å². The SMILES string of the molecule is C[C@H](NCc1ccc(C2CC2)cc1)c1ccccc1. The first-order chi connectivity index (χ1) is 9.33. The van der Waals surface area contributed by atoms with Crippen molar-refractivity contribution in [3.05, 3.63) is 71.3 Å². The zero-order valence-electron chi connectivity index (χ0n) is 11.5. The molecular weight excluding hydrogens is 230 g/mol. The van der Waals surface area contributed by atoms with Gasteiger partial charge in [-0.2, -0.15) is 0 Å². The smallest absolute Gasteiger partial charge is 0.0294 e. The van der Waals surface area contributed by atoms with Crippen LogP contribution in [0.5, 0.6) is 0 Å². The number of rotatable bonds is 5. The molecule has 1 N–H and O–H groups in total. The van der Waals surface area contributed by atoms with Crippen molar-refractivity contribution in [2.24, 2.45) is 0 Å². The van der Waals surface area contributed by atoms with Crippen LogP contribution in [-0.4, -0.2) is 0 Å². The molecule has 0 saturated heterocycles. The Bertz CT molecular complexity index is 511. The lowest BCUT2D eigenvalue weighted by Crippen LogP contribution is -2.17. The molecule has 0 heterocycles. The molecule has 0 radical (unpaired) electrons. The lowest BCUT2D eigenvalue weighted by Gasteiger charge is -2.14. The predicted octanol–water partition coefficient (Wildman–Crippen LogP) is 4.41. The van der Waals surface area contributed by atoms with Gasteiger partial charge in [0.1, 0.15) is 0 Å². The second-order valence-electron chi connectivity index (χ2n) is 5.53. The van der Waals surface area contributed by atoms with Crippen molar-refractivity contribution >= 4 is 0 Å². The van der Waals surface area contributed by atoms with Crippen LogP contribution in [0.15, 0.2) is 54.6 Å². The van der Waals surface area contributed by atoms with Gasteiger partial charge in [0.2, 0.25) is 0 Å². The van der Waals surface area contributed by atoms with E-state index in [1.807, 2.05) is 0 Å². The summed E-state index contributed by atoms with van der Waals surface area (Å²) in [6.07, 6.45) is 2.76. The van der Waals surface area contributed by atoms with E-state index in [4.69, 9.17) is 0 Å². The molecule has 0 aliphatic heterocycles. The second kappa shape index (κ2) is 5.58. The first-order valence-electron chi connectivity index (χ1n) is 7.20. The van der Waals surface area contributed by atoms with Gasteiger partial charge in [0.15, 0.2) is 0 Å². The van der Waals surface area contributed by atoms with E-state index in [-0.39, 0.29) is 0 Å². The largest absolute Gasteiger partial charge is 0.306 e. The number of nitrogens with one attached hydrogen (secondary N) is 1. The van der Waals surface area contributed by atoms with Crippen LogP contribution < -0.4 is 5.32 Å². The van der Waals surface area contributed by atoms with Gasteiger partial charge in [-0.05, 0) is 42.4 Å². The van der Waals surface area contributed by atoms with Gasteiger partial charge in [0.25, 0.3) is 0 Å². The Morgan fingerprint density at radius 2 is 1.68 bits per heavy atom. The van der Waals surface area contributed by atoms with Crippen LogP contribution in [0.3, 0.4) is 0 Å². The molecule has 0 bridgehead atoms. The highest BCUT2D eigenvalue weighted by Crippen LogP contribution is 2.39. The first-order valence-corrected chi connectivity index (χ1v) is 7.20. The van der Waals surface area contributed by atoms with Crippen LogP contribution in [0, 0.1) is 0 Å². The summed E-state index contributed by atoms with van der Waals surface area (Å²) in [4.78, 5) is 0. The van der Waals surface area contributed by atoms with E-state index < -0.39 is 0 Å². The molecule has 1 nitrogen and oxygen atoms in total. The molecule has 1 aliphatic carbocycles. The molecule has 0 unspecified atom stereocenters. The molecule has 1 saturated carbocycles. The van der Waals surface area contributed by atoms with Crippen molar-refractivity contribution < 1.29 is 0 Å². The number of hydrogen-bond acceptors (Lipinski definition) is 1. The van der Waals surface area contributed by atoms with E-state index in [0.717, 1.165) is 12.5 Å². The molecule has 19 heavy (non-hydrogen) atoms. The fourth-order valence-corrected chi connectivity index (χ4v) is 2.45. The zero-order valence-corrected chi connectivity index (χ0v) is 11.5. The second-order valence-corrected chi connectivity index (χ2v) is 5.53. The highest BCUT2D eigenvalue weighted by atomic mass is 14.9. The fourth-order valence-electron chi connectivity index (χ4n) is 2.45. The summed E-state index contributed by atoms with van der Waals surface area (Å²) in [5.41, 5.74) is 4.23. The maximum absolute atomic E-state index is 3.58. The number of benzene rings is 2. The van der Waals surface area contributed by atoms with Crippen LogP contribution in [0.2, 0.25) is 0 Å². The van der Waals surface area contributed by atoms with E-state index in [0.29, 0.717) is 6.04 Å². The minimum Gasteiger partial charge on any atom is -0.306 e. The average Bonchev–Trinajstić information content (AvgIpc) is 3.31. The van der Waals surface area contributed by atoms with Crippen LogP contribution in [0.1, 0.15) is 48.4 Å². The minimum atomic E-state index is 0.393. The van der Waals surface area contributed by atoms with Crippen molar-refractivity contribution in [3.63, 3.8) is 0 Å². The van der Waals surface area contributed by atoms with E-state index in [1.165, 1.54) is 29.5 Å². The van der Waals surface area contributed by atoms with Gasteiger partial charge in [-0.15, -0.1) is 0 Å². The first kappa shape index (κ1) is 12.4. The van der Waals surface area contributed by atoms with E-state index in [1.54, 1.807) is 0 Å². The van der Waals surface area contributed by atoms with Crippen molar-refractivity contribution in [2.75, 3.05) is 0 Å². The molecule has 1 heteroatoms. The summed E-state index contributed by atoms with van der Waals surface area (Å²) in [5.74, 6) is 0.852. The van der Waals surface area contributed by atoms with Gasteiger partial charge in [0.05, 0.1) is 0 Å². The highest BCUT2D eigenvalue weighted by molar-refractivity contribution is 5.28. The van der Waals surface area contributed by atoms with Crippen molar-refractivity contribution in [1.82, 2.24) is 5.32 Å². The molecular formula is C18H21N. The maximum atomic E-state index is 3.58. The molecule has 2 aromatic rings. The molecule has 2 aromatic carbocycles. The van der Waals surface area contributed by atoms with Crippen LogP contribution in [0.4, 0.5) is 0 Å². The third-order valence-electron chi connectivity index (χ3n) is 3.94. The molecule has 1 aliphatic rings. The summed E-state index contributed by atoms with van der Waals surface area (Å²) in [5, 5.41) is 3.58.